The van der Waals surface area contributed by atoms with Gasteiger partial charge < -0.3 is 14.4 Å². The normalized spacial score (nSPS) is 17.9. The molecule has 0 bridgehead atoms. The number of H-pyrrole nitrogens is 2. The molecule has 0 spiro atoms. The zero-order chi connectivity index (χ0) is 26.9. The Balaban J connectivity index is 1.41. The molecule has 38 heavy (non-hydrogen) atoms. The van der Waals surface area contributed by atoms with Crippen LogP contribution in [-0.4, -0.2) is 51.5 Å². The van der Waals surface area contributed by atoms with Crippen molar-refractivity contribution in [2.75, 3.05) is 18.1 Å². The summed E-state index contributed by atoms with van der Waals surface area (Å²) in [6, 6.07) is 14.8. The lowest BCUT2D eigenvalue weighted by atomic mass is 9.92. The molecule has 1 saturated heterocycles. The SMILES string of the molecule is Cc1cc(COc2ccc(N(C(=O)C(F)(F)F)C3CCOCC3c3nc(=S)[nH][nH]3)cc2)c2ccccc2n1. The van der Waals surface area contributed by atoms with E-state index in [0.717, 1.165) is 27.1 Å². The molecule has 0 radical (unpaired) electrons. The number of amides is 1. The van der Waals surface area contributed by atoms with Crippen molar-refractivity contribution < 1.29 is 27.4 Å². The second kappa shape index (κ2) is 10.5. The molecule has 2 unspecified atom stereocenters. The third-order valence-corrected chi connectivity index (χ3v) is 6.62. The maximum absolute atomic E-state index is 13.7. The summed E-state index contributed by atoms with van der Waals surface area (Å²) in [5.41, 5.74) is 2.73. The standard InChI is InChI=1S/C26H24F3N5O3S/c1-15-12-16(19-4-2-3-5-21(19)30-15)13-37-18-8-6-17(7-9-18)34(24(35)26(27,28)29)22-10-11-36-14-20(22)23-31-25(38)33-32-23/h2-9,12,20,22H,10-11,13-14H2,1H3,(H2,31,32,33,38). The maximum atomic E-state index is 13.7. The highest BCUT2D eigenvalue weighted by Gasteiger charge is 2.48. The number of carbonyl (C=O) groups is 1. The van der Waals surface area contributed by atoms with Crippen LogP contribution >= 0.6 is 12.2 Å². The van der Waals surface area contributed by atoms with Crippen molar-refractivity contribution in [1.29, 1.82) is 0 Å². The zero-order valence-electron chi connectivity index (χ0n) is 20.3. The van der Waals surface area contributed by atoms with Gasteiger partial charge in [0.15, 0.2) is 0 Å². The lowest BCUT2D eigenvalue weighted by Gasteiger charge is -2.39. The topological polar surface area (TPSA) is 96.1 Å². The summed E-state index contributed by atoms with van der Waals surface area (Å²) in [5.74, 6) is -1.82. The quantitative estimate of drug-likeness (QED) is 0.318. The molecule has 1 aliphatic rings. The van der Waals surface area contributed by atoms with Gasteiger partial charge in [-0.1, -0.05) is 18.2 Å². The molecule has 198 valence electrons. The number of aryl methyl sites for hydroxylation is 1. The van der Waals surface area contributed by atoms with Crippen LogP contribution in [0.4, 0.5) is 18.9 Å². The van der Waals surface area contributed by atoms with Gasteiger partial charge in [0.1, 0.15) is 18.2 Å². The smallest absolute Gasteiger partial charge is 0.471 e. The average Bonchev–Trinajstić information content (AvgIpc) is 3.34. The lowest BCUT2D eigenvalue weighted by molar-refractivity contribution is -0.171. The van der Waals surface area contributed by atoms with Gasteiger partial charge >= 0.3 is 12.1 Å². The Bertz CT molecular complexity index is 1500. The molecule has 5 rings (SSSR count). The number of alkyl halides is 3. The van der Waals surface area contributed by atoms with Gasteiger partial charge in [-0.05, 0) is 62.0 Å². The van der Waals surface area contributed by atoms with Gasteiger partial charge in [0, 0.05) is 28.9 Å². The minimum absolute atomic E-state index is 0.0862. The van der Waals surface area contributed by atoms with Crippen LogP contribution in [-0.2, 0) is 16.1 Å². The summed E-state index contributed by atoms with van der Waals surface area (Å²) in [6.07, 6.45) is -4.89. The Kier molecular flexibility index (Phi) is 7.17. The van der Waals surface area contributed by atoms with Crippen molar-refractivity contribution in [3.05, 3.63) is 76.5 Å². The molecule has 1 amide bonds. The minimum atomic E-state index is -5.07. The van der Waals surface area contributed by atoms with Crippen LogP contribution in [0.25, 0.3) is 10.9 Å². The molecule has 2 aromatic carbocycles. The number of pyridine rings is 1. The fraction of sp³-hybridized carbons (Fsp3) is 0.308. The van der Waals surface area contributed by atoms with Gasteiger partial charge in [0.2, 0.25) is 4.77 Å². The van der Waals surface area contributed by atoms with Crippen LogP contribution in [0.3, 0.4) is 0 Å². The molecule has 0 saturated carbocycles. The van der Waals surface area contributed by atoms with Crippen molar-refractivity contribution in [3.8, 4) is 5.75 Å². The third kappa shape index (κ3) is 5.41. The van der Waals surface area contributed by atoms with Crippen LogP contribution in [0, 0.1) is 11.7 Å². The Labute approximate surface area is 220 Å². The second-order valence-electron chi connectivity index (χ2n) is 8.99. The molecule has 2 atom stereocenters. The molecule has 4 aromatic rings. The van der Waals surface area contributed by atoms with Crippen LogP contribution in [0.5, 0.6) is 5.75 Å². The van der Waals surface area contributed by atoms with E-state index >= 15 is 0 Å². The van der Waals surface area contributed by atoms with E-state index < -0.39 is 24.0 Å². The first-order chi connectivity index (χ1) is 18.2. The first-order valence-electron chi connectivity index (χ1n) is 11.9. The van der Waals surface area contributed by atoms with Crippen molar-refractivity contribution in [1.82, 2.24) is 20.2 Å². The Morgan fingerprint density at radius 2 is 1.92 bits per heavy atom. The summed E-state index contributed by atoms with van der Waals surface area (Å²) >= 11 is 5.00. The summed E-state index contributed by atoms with van der Waals surface area (Å²) in [7, 11) is 0. The molecule has 2 N–H and O–H groups in total. The lowest BCUT2D eigenvalue weighted by Crippen LogP contribution is -2.52. The highest BCUT2D eigenvalue weighted by Crippen LogP contribution is 2.35. The highest BCUT2D eigenvalue weighted by atomic mass is 32.1. The molecule has 2 aromatic heterocycles. The monoisotopic (exact) mass is 543 g/mol. The van der Waals surface area contributed by atoms with Gasteiger partial charge in [0.25, 0.3) is 0 Å². The number of nitrogens with one attached hydrogen (secondary N) is 2. The van der Waals surface area contributed by atoms with Crippen molar-refractivity contribution >= 4 is 34.7 Å². The largest absolute Gasteiger partial charge is 0.489 e. The molecule has 0 aliphatic carbocycles. The first kappa shape index (κ1) is 25.9. The second-order valence-corrected chi connectivity index (χ2v) is 9.37. The fourth-order valence-electron chi connectivity index (χ4n) is 4.73. The molecule has 1 fully saturated rings. The Morgan fingerprint density at radius 3 is 2.63 bits per heavy atom. The molecule has 3 heterocycles. The number of hydrogen-bond donors (Lipinski definition) is 2. The predicted molar refractivity (Wildman–Crippen MR) is 137 cm³/mol. The van der Waals surface area contributed by atoms with E-state index in [1.54, 1.807) is 12.1 Å². The molecular weight excluding hydrogens is 519 g/mol. The summed E-state index contributed by atoms with van der Waals surface area (Å²) in [6.45, 7) is 2.43. The van der Waals surface area contributed by atoms with Crippen molar-refractivity contribution in [2.45, 2.75) is 38.1 Å². The summed E-state index contributed by atoms with van der Waals surface area (Å²) < 4.78 is 52.8. The molecule has 8 nitrogen and oxygen atoms in total. The van der Waals surface area contributed by atoms with E-state index in [4.69, 9.17) is 21.7 Å². The van der Waals surface area contributed by atoms with Gasteiger partial charge in [-0.25, -0.2) is 4.98 Å². The Morgan fingerprint density at radius 1 is 1.16 bits per heavy atom. The average molecular weight is 544 g/mol. The number of hydrogen-bond acceptors (Lipinski definition) is 6. The van der Waals surface area contributed by atoms with Gasteiger partial charge in [0.05, 0.1) is 24.1 Å². The van der Waals surface area contributed by atoms with Gasteiger partial charge in [-0.15, -0.1) is 0 Å². The van der Waals surface area contributed by atoms with Crippen molar-refractivity contribution in [2.24, 2.45) is 0 Å². The number of halogens is 3. The molecule has 12 heteroatoms. The van der Waals surface area contributed by atoms with Crippen LogP contribution in [0.1, 0.15) is 29.4 Å². The molecule has 1 aliphatic heterocycles. The van der Waals surface area contributed by atoms with Crippen LogP contribution < -0.4 is 9.64 Å². The van der Waals surface area contributed by atoms with Gasteiger partial charge in [-0.2, -0.15) is 13.2 Å². The van der Waals surface area contributed by atoms with E-state index in [1.807, 2.05) is 37.3 Å². The van der Waals surface area contributed by atoms with Crippen LogP contribution in [0.15, 0.2) is 54.6 Å². The number of aromatic amines is 2. The summed E-state index contributed by atoms with van der Waals surface area (Å²) in [5, 5.41) is 6.39. The first-order valence-corrected chi connectivity index (χ1v) is 12.3. The number of para-hydroxylation sites is 1. The van der Waals surface area contributed by atoms with Crippen molar-refractivity contribution in [3.63, 3.8) is 0 Å². The number of benzene rings is 2. The minimum Gasteiger partial charge on any atom is -0.489 e. The van der Waals surface area contributed by atoms with E-state index in [2.05, 4.69) is 20.2 Å². The number of carbonyl (C=O) groups excluding carboxylic acids is 1. The van der Waals surface area contributed by atoms with E-state index in [1.165, 1.54) is 12.1 Å². The van der Waals surface area contributed by atoms with E-state index in [9.17, 15) is 18.0 Å². The third-order valence-electron chi connectivity index (χ3n) is 6.42. The maximum Gasteiger partial charge on any atom is 0.471 e. The zero-order valence-corrected chi connectivity index (χ0v) is 21.1. The van der Waals surface area contributed by atoms with Crippen LogP contribution in [0.2, 0.25) is 0 Å². The number of fused-ring (bicyclic) bond motifs is 1. The number of anilines is 1. The number of rotatable bonds is 6. The number of aromatic nitrogens is 4. The van der Waals surface area contributed by atoms with Gasteiger partial charge in [-0.3, -0.25) is 20.0 Å². The fourth-order valence-corrected chi connectivity index (χ4v) is 4.88. The molecular formula is C26H24F3N5O3S. The van der Waals surface area contributed by atoms with E-state index in [-0.39, 0.29) is 36.7 Å². The number of nitrogens with zero attached hydrogens (tertiary/aromatic N) is 3. The Hall–Kier alpha value is -3.77. The van der Waals surface area contributed by atoms with E-state index in [0.29, 0.717) is 11.6 Å². The number of ether oxygens (including phenoxy) is 2. The highest BCUT2D eigenvalue weighted by molar-refractivity contribution is 7.71. The predicted octanol–water partition coefficient (Wildman–Crippen LogP) is 5.37. The summed E-state index contributed by atoms with van der Waals surface area (Å²) in [4.78, 5) is 22.1.